The van der Waals surface area contributed by atoms with Gasteiger partial charge in [-0.3, -0.25) is 0 Å². The molecule has 0 radical (unpaired) electrons. The van der Waals surface area contributed by atoms with E-state index in [1.54, 1.807) is 0 Å². The van der Waals surface area contributed by atoms with Crippen LogP contribution in [-0.4, -0.2) is 27.6 Å². The van der Waals surface area contributed by atoms with Crippen molar-refractivity contribution in [3.8, 4) is 0 Å². The van der Waals surface area contributed by atoms with Gasteiger partial charge in [-0.15, -0.1) is 0 Å². The average molecular weight is 206 g/mol. The number of carboxylic acid groups (broad SMARTS) is 1. The van der Waals surface area contributed by atoms with Gasteiger partial charge < -0.3 is 9.63 Å². The number of hydrogen-bond donors (Lipinski definition) is 1. The molecule has 5 nitrogen and oxygen atoms in total. The lowest BCUT2D eigenvalue weighted by atomic mass is 9.94. The quantitative estimate of drug-likeness (QED) is 0.806. The molecule has 1 aromatic heterocycles. The Labute approximate surface area is 77.7 Å². The summed E-state index contributed by atoms with van der Waals surface area (Å²) in [5, 5.41) is 11.5. The largest absolute Gasteiger partial charge is 0.475 e. The van der Waals surface area contributed by atoms with Crippen LogP contribution in [0.1, 0.15) is 30.4 Å². The first kappa shape index (κ1) is 10.6. The Balaban J connectivity index is 3.02. The zero-order valence-electron chi connectivity index (χ0n) is 7.49. The number of rotatable bonds is 3. The summed E-state index contributed by atoms with van der Waals surface area (Å²) in [7, 11) is 0. The van der Waals surface area contributed by atoms with E-state index in [9.17, 15) is 13.6 Å². The number of aromatic carboxylic acids is 1. The first-order valence-electron chi connectivity index (χ1n) is 3.71. The Kier molecular flexibility index (Phi) is 2.50. The highest BCUT2D eigenvalue weighted by Gasteiger charge is 2.38. The van der Waals surface area contributed by atoms with Crippen LogP contribution in [0.3, 0.4) is 0 Å². The Morgan fingerprint density at radius 1 is 1.57 bits per heavy atom. The monoisotopic (exact) mass is 206 g/mol. The molecule has 0 aliphatic carbocycles. The highest BCUT2D eigenvalue weighted by atomic mass is 19.3. The highest BCUT2D eigenvalue weighted by molar-refractivity contribution is 5.82. The van der Waals surface area contributed by atoms with Crippen molar-refractivity contribution in [1.82, 2.24) is 10.1 Å². The third-order valence-electron chi connectivity index (χ3n) is 1.71. The van der Waals surface area contributed by atoms with Gasteiger partial charge in [0.2, 0.25) is 5.89 Å². The second-order valence-electron chi connectivity index (χ2n) is 3.25. The molecule has 0 amide bonds. The molecule has 0 spiro atoms. The lowest BCUT2D eigenvalue weighted by molar-refractivity contribution is 0.0505. The molecule has 0 bridgehead atoms. The van der Waals surface area contributed by atoms with E-state index in [4.69, 9.17) is 5.11 Å². The smallest absolute Gasteiger partial charge is 0.377 e. The molecule has 78 valence electrons. The van der Waals surface area contributed by atoms with Crippen molar-refractivity contribution in [3.63, 3.8) is 0 Å². The van der Waals surface area contributed by atoms with Crippen molar-refractivity contribution < 1.29 is 23.2 Å². The second kappa shape index (κ2) is 3.32. The van der Waals surface area contributed by atoms with E-state index in [2.05, 4.69) is 14.7 Å². The minimum atomic E-state index is -2.70. The van der Waals surface area contributed by atoms with Gasteiger partial charge in [0.05, 0.1) is 0 Å². The predicted octanol–water partition coefficient (Wildman–Crippen LogP) is 1.31. The first-order valence-corrected chi connectivity index (χ1v) is 3.71. The molecule has 0 saturated heterocycles. The molecule has 0 atom stereocenters. The summed E-state index contributed by atoms with van der Waals surface area (Å²) in [6.45, 7) is 2.38. The van der Waals surface area contributed by atoms with E-state index in [0.717, 1.165) is 0 Å². The molecular weight excluding hydrogens is 198 g/mol. The van der Waals surface area contributed by atoms with Crippen LogP contribution in [0.2, 0.25) is 0 Å². The van der Waals surface area contributed by atoms with E-state index in [1.165, 1.54) is 13.8 Å². The standard InChI is InChI=1S/C7H8F2N2O3/c1-7(2,5(8)9)6-10-3(4(12)13)11-14-6/h5H,1-2H3,(H,12,13). The fourth-order valence-corrected chi connectivity index (χ4v) is 0.665. The minimum absolute atomic E-state index is 0.384. The van der Waals surface area contributed by atoms with E-state index < -0.39 is 23.6 Å². The van der Waals surface area contributed by atoms with Crippen LogP contribution in [0.4, 0.5) is 8.78 Å². The Morgan fingerprint density at radius 2 is 2.14 bits per heavy atom. The summed E-state index contributed by atoms with van der Waals surface area (Å²) < 4.78 is 29.3. The third-order valence-corrected chi connectivity index (χ3v) is 1.71. The summed E-state index contributed by atoms with van der Waals surface area (Å²) in [6.07, 6.45) is -2.70. The van der Waals surface area contributed by atoms with Gasteiger partial charge in [0.1, 0.15) is 5.41 Å². The SMILES string of the molecule is CC(C)(c1nc(C(=O)O)no1)C(F)F. The Hall–Kier alpha value is -1.53. The fraction of sp³-hybridized carbons (Fsp3) is 0.571. The van der Waals surface area contributed by atoms with Crippen LogP contribution in [0.5, 0.6) is 0 Å². The van der Waals surface area contributed by atoms with Gasteiger partial charge in [0.25, 0.3) is 12.2 Å². The number of alkyl halides is 2. The van der Waals surface area contributed by atoms with Crippen molar-refractivity contribution in [1.29, 1.82) is 0 Å². The molecule has 7 heteroatoms. The molecule has 14 heavy (non-hydrogen) atoms. The zero-order chi connectivity index (χ0) is 10.9. The zero-order valence-corrected chi connectivity index (χ0v) is 7.49. The van der Waals surface area contributed by atoms with Gasteiger partial charge in [-0.1, -0.05) is 0 Å². The van der Waals surface area contributed by atoms with Crippen molar-refractivity contribution in [3.05, 3.63) is 11.7 Å². The molecule has 1 heterocycles. The molecule has 0 saturated carbocycles. The molecule has 0 aromatic carbocycles. The summed E-state index contributed by atoms with van der Waals surface area (Å²) in [6, 6.07) is 0. The normalized spacial score (nSPS) is 12.1. The third kappa shape index (κ3) is 1.70. The number of carboxylic acids is 1. The van der Waals surface area contributed by atoms with Crippen molar-refractivity contribution >= 4 is 5.97 Å². The number of nitrogens with zero attached hydrogens (tertiary/aromatic N) is 2. The van der Waals surface area contributed by atoms with Crippen LogP contribution in [0.15, 0.2) is 4.52 Å². The van der Waals surface area contributed by atoms with Gasteiger partial charge in [0.15, 0.2) is 0 Å². The molecule has 1 rings (SSSR count). The lowest BCUT2D eigenvalue weighted by Crippen LogP contribution is -2.27. The maximum absolute atomic E-state index is 12.4. The molecule has 0 aliphatic heterocycles. The fourth-order valence-electron chi connectivity index (χ4n) is 0.665. The van der Waals surface area contributed by atoms with Crippen LogP contribution in [-0.2, 0) is 5.41 Å². The number of aromatic nitrogens is 2. The molecule has 0 aliphatic rings. The topological polar surface area (TPSA) is 76.2 Å². The van der Waals surface area contributed by atoms with E-state index in [0.29, 0.717) is 0 Å². The van der Waals surface area contributed by atoms with Crippen LogP contribution >= 0.6 is 0 Å². The lowest BCUT2D eigenvalue weighted by Gasteiger charge is -2.17. The summed E-state index contributed by atoms with van der Waals surface area (Å²) in [5.41, 5.74) is -1.64. The van der Waals surface area contributed by atoms with Crippen LogP contribution in [0, 0.1) is 0 Å². The van der Waals surface area contributed by atoms with Gasteiger partial charge in [-0.2, -0.15) is 4.98 Å². The molecule has 1 aromatic rings. The maximum atomic E-state index is 12.4. The minimum Gasteiger partial charge on any atom is -0.475 e. The predicted molar refractivity (Wildman–Crippen MR) is 40.3 cm³/mol. The van der Waals surface area contributed by atoms with E-state index in [-0.39, 0.29) is 5.89 Å². The van der Waals surface area contributed by atoms with Gasteiger partial charge in [0, 0.05) is 0 Å². The summed E-state index contributed by atoms with van der Waals surface area (Å²) in [5.74, 6) is -2.41. The van der Waals surface area contributed by atoms with Crippen molar-refractivity contribution in [2.75, 3.05) is 0 Å². The average Bonchev–Trinajstić information content (AvgIpc) is 2.51. The van der Waals surface area contributed by atoms with Crippen molar-refractivity contribution in [2.24, 2.45) is 0 Å². The number of hydrogen-bond acceptors (Lipinski definition) is 4. The Morgan fingerprint density at radius 3 is 2.50 bits per heavy atom. The van der Waals surface area contributed by atoms with Gasteiger partial charge >= 0.3 is 5.97 Å². The van der Waals surface area contributed by atoms with E-state index >= 15 is 0 Å². The Bertz CT molecular complexity index is 348. The summed E-state index contributed by atoms with van der Waals surface area (Å²) >= 11 is 0. The molecular formula is C7H8F2N2O3. The number of halogens is 2. The van der Waals surface area contributed by atoms with Gasteiger partial charge in [-0.25, -0.2) is 13.6 Å². The van der Waals surface area contributed by atoms with Crippen molar-refractivity contribution in [2.45, 2.75) is 25.7 Å². The van der Waals surface area contributed by atoms with Crippen LogP contribution in [0.25, 0.3) is 0 Å². The number of carbonyl (C=O) groups is 1. The molecule has 0 fully saturated rings. The highest BCUT2D eigenvalue weighted by Crippen LogP contribution is 2.28. The molecule has 1 N–H and O–H groups in total. The maximum Gasteiger partial charge on any atom is 0.377 e. The second-order valence-corrected chi connectivity index (χ2v) is 3.25. The molecule has 0 unspecified atom stereocenters. The summed E-state index contributed by atoms with van der Waals surface area (Å²) in [4.78, 5) is 13.7. The van der Waals surface area contributed by atoms with Gasteiger partial charge in [-0.05, 0) is 19.0 Å². The van der Waals surface area contributed by atoms with Crippen LogP contribution < -0.4 is 0 Å². The van der Waals surface area contributed by atoms with E-state index in [1.807, 2.05) is 0 Å². The first-order chi connectivity index (χ1) is 6.35.